The zero-order valence-corrected chi connectivity index (χ0v) is 15.1. The average molecular weight is 411 g/mol. The van der Waals surface area contributed by atoms with Crippen molar-refractivity contribution in [1.29, 1.82) is 0 Å². The predicted molar refractivity (Wildman–Crippen MR) is 86.8 cm³/mol. The highest BCUT2D eigenvalue weighted by Crippen LogP contribution is 2.43. The molecule has 14 heteroatoms. The maximum atomic E-state index is 14.9. The Labute approximate surface area is 151 Å². The first-order valence-electron chi connectivity index (χ1n) is 7.67. The lowest BCUT2D eigenvalue weighted by Gasteiger charge is -2.24. The minimum absolute atomic E-state index is 0.423. The lowest BCUT2D eigenvalue weighted by Crippen LogP contribution is -2.46. The summed E-state index contributed by atoms with van der Waals surface area (Å²) in [6.07, 6.45) is -4.19. The quantitative estimate of drug-likeness (QED) is 0.339. The lowest BCUT2D eigenvalue weighted by atomic mass is 9.98. The molecule has 0 radical (unpaired) electrons. The van der Waals surface area contributed by atoms with E-state index in [1.54, 1.807) is 0 Å². The smallest absolute Gasteiger partial charge is 0.403 e. The number of nitrogens with one attached hydrogen (secondary N) is 2. The maximum absolute atomic E-state index is 14.9. The van der Waals surface area contributed by atoms with Gasteiger partial charge in [0.1, 0.15) is 18.2 Å². The Morgan fingerprint density at radius 1 is 1.59 bits per heavy atom. The molecule has 0 spiro atoms. The number of ether oxygens (including phenoxy) is 1. The Morgan fingerprint density at radius 2 is 2.22 bits per heavy atom. The number of aromatic amines is 1. The molecule has 0 bridgehead atoms. The number of rotatable bonds is 7. The molecule has 5 N–H and O–H groups in total. The van der Waals surface area contributed by atoms with Crippen molar-refractivity contribution in [2.45, 2.75) is 44.0 Å². The molecule has 152 valence electrons. The molecule has 0 amide bonds. The van der Waals surface area contributed by atoms with E-state index in [1.165, 1.54) is 0 Å². The highest BCUT2D eigenvalue weighted by molar-refractivity contribution is 7.50. The van der Waals surface area contributed by atoms with Gasteiger partial charge in [-0.25, -0.2) is 23.4 Å². The molecule has 1 aromatic rings. The number of carboxylic acids is 1. The molecule has 0 saturated carbocycles. The molecule has 0 aromatic carbocycles. The third-order valence-corrected chi connectivity index (χ3v) is 5.19. The first-order chi connectivity index (χ1) is 12.4. The van der Waals surface area contributed by atoms with Gasteiger partial charge in [0.25, 0.3) is 5.56 Å². The first-order valence-corrected chi connectivity index (χ1v) is 9.25. The van der Waals surface area contributed by atoms with Crippen molar-refractivity contribution in [3.05, 3.63) is 33.1 Å². The summed E-state index contributed by atoms with van der Waals surface area (Å²) >= 11 is 0. The van der Waals surface area contributed by atoms with E-state index in [4.69, 9.17) is 9.84 Å². The van der Waals surface area contributed by atoms with E-state index in [-0.39, 0.29) is 0 Å². The summed E-state index contributed by atoms with van der Waals surface area (Å²) in [7, 11) is -4.61. The molecular formula is C13H19FN3O9P. The molecule has 1 aromatic heterocycles. The predicted octanol–water partition coefficient (Wildman–Crippen LogP) is -1.30. The summed E-state index contributed by atoms with van der Waals surface area (Å²) in [5.74, 6) is -1.41. The van der Waals surface area contributed by atoms with Crippen molar-refractivity contribution in [1.82, 2.24) is 14.6 Å². The number of H-pyrrole nitrogens is 1. The third-order valence-electron chi connectivity index (χ3n) is 3.98. The summed E-state index contributed by atoms with van der Waals surface area (Å²) < 4.78 is 37.0. The van der Waals surface area contributed by atoms with Gasteiger partial charge in [0.15, 0.2) is 11.9 Å². The van der Waals surface area contributed by atoms with Gasteiger partial charge in [0.05, 0.1) is 6.61 Å². The normalized spacial score (nSPS) is 31.4. The van der Waals surface area contributed by atoms with Crippen molar-refractivity contribution in [2.24, 2.45) is 0 Å². The fourth-order valence-electron chi connectivity index (χ4n) is 2.49. The van der Waals surface area contributed by atoms with Crippen molar-refractivity contribution in [2.75, 3.05) is 6.61 Å². The topological polar surface area (TPSA) is 180 Å². The van der Waals surface area contributed by atoms with Crippen LogP contribution in [-0.2, 0) is 18.6 Å². The van der Waals surface area contributed by atoms with E-state index >= 15 is 0 Å². The van der Waals surface area contributed by atoms with Crippen LogP contribution in [0.15, 0.2) is 21.9 Å². The fraction of sp³-hybridized carbons (Fsp3) is 0.615. The minimum atomic E-state index is -4.61. The number of carboxylic acid groups (broad SMARTS) is 1. The van der Waals surface area contributed by atoms with Crippen LogP contribution in [0.1, 0.15) is 20.1 Å². The van der Waals surface area contributed by atoms with Crippen molar-refractivity contribution < 1.29 is 38.1 Å². The number of aliphatic hydroxyl groups excluding tert-OH is 1. The van der Waals surface area contributed by atoms with E-state index in [2.05, 4.69) is 9.51 Å². The second-order valence-electron chi connectivity index (χ2n) is 6.12. The van der Waals surface area contributed by atoms with Crippen molar-refractivity contribution in [3.8, 4) is 0 Å². The fourth-order valence-corrected chi connectivity index (χ4v) is 3.52. The van der Waals surface area contributed by atoms with Gasteiger partial charge in [-0.05, 0) is 13.8 Å². The van der Waals surface area contributed by atoms with Gasteiger partial charge in [0, 0.05) is 12.3 Å². The number of carbonyl (C=O) groups is 1. The Kier molecular flexibility index (Phi) is 6.04. The van der Waals surface area contributed by atoms with E-state index in [9.17, 15) is 33.3 Å². The second-order valence-corrected chi connectivity index (χ2v) is 7.68. The zero-order chi connectivity index (χ0) is 20.6. The number of aliphatic carboxylic acids is 1. The molecule has 1 unspecified atom stereocenters. The standard InChI is InChI=1S/C13H19FN3O9P/c1-6(10(20)21)16-27(23,24)25-5-7-9(19)13(2,14)11(26-7)17-8(18)3-4-15-12(17)22/h3-4,6-7,9,11,19H,5H2,1-2H3,(H,15,22)(H,20,21)(H2,16,23,24)/t6-,7+,9+,11+,13+/m0/s1. The Morgan fingerprint density at radius 3 is 2.78 bits per heavy atom. The lowest BCUT2D eigenvalue weighted by molar-refractivity contribution is -0.138. The minimum Gasteiger partial charge on any atom is -0.480 e. The van der Waals surface area contributed by atoms with Crippen LogP contribution in [0.2, 0.25) is 0 Å². The van der Waals surface area contributed by atoms with E-state index in [0.717, 1.165) is 26.1 Å². The molecule has 6 atom stereocenters. The molecule has 2 rings (SSSR count). The van der Waals surface area contributed by atoms with Crippen LogP contribution in [0, 0.1) is 0 Å². The highest BCUT2D eigenvalue weighted by atomic mass is 31.2. The number of halogens is 1. The summed E-state index contributed by atoms with van der Waals surface area (Å²) in [6.45, 7) is 1.17. The van der Waals surface area contributed by atoms with Crippen LogP contribution in [0.4, 0.5) is 4.39 Å². The molecule has 1 fully saturated rings. The Hall–Kier alpha value is -1.89. The second kappa shape index (κ2) is 7.62. The Bertz CT molecular complexity index is 841. The van der Waals surface area contributed by atoms with E-state index in [1.807, 2.05) is 5.09 Å². The number of aromatic nitrogens is 2. The highest BCUT2D eigenvalue weighted by Gasteiger charge is 2.56. The molecule has 12 nitrogen and oxygen atoms in total. The van der Waals surface area contributed by atoms with Crippen LogP contribution in [-0.4, -0.2) is 61.2 Å². The Balaban J connectivity index is 2.17. The molecule has 1 aliphatic rings. The average Bonchev–Trinajstić information content (AvgIpc) is 2.76. The van der Waals surface area contributed by atoms with Gasteiger partial charge in [-0.3, -0.25) is 14.1 Å². The largest absolute Gasteiger partial charge is 0.480 e. The van der Waals surface area contributed by atoms with Crippen LogP contribution < -0.4 is 16.3 Å². The summed E-state index contributed by atoms with van der Waals surface area (Å²) in [6, 6.07) is -0.466. The number of alkyl halides is 1. The SMILES string of the molecule is C[C@H](NP(=O)(O)OC[C@H]1O[C@@H](n2c(=O)cc[nH]c2=O)[C@](C)(F)[C@@H]1O)C(=O)O. The van der Waals surface area contributed by atoms with Crippen molar-refractivity contribution >= 4 is 13.7 Å². The van der Waals surface area contributed by atoms with Gasteiger partial charge in [-0.2, -0.15) is 0 Å². The van der Waals surface area contributed by atoms with Gasteiger partial charge < -0.3 is 24.8 Å². The third kappa shape index (κ3) is 4.51. The summed E-state index contributed by atoms with van der Waals surface area (Å²) in [5, 5.41) is 20.6. The number of aliphatic hydroxyl groups is 1. The van der Waals surface area contributed by atoms with Crippen LogP contribution >= 0.6 is 7.75 Å². The zero-order valence-electron chi connectivity index (χ0n) is 14.2. The van der Waals surface area contributed by atoms with E-state index < -0.39 is 61.7 Å². The number of nitrogens with zero attached hydrogens (tertiary/aromatic N) is 1. The van der Waals surface area contributed by atoms with E-state index in [0.29, 0.717) is 4.57 Å². The van der Waals surface area contributed by atoms with Gasteiger partial charge >= 0.3 is 19.4 Å². The summed E-state index contributed by atoms with van der Waals surface area (Å²) in [4.78, 5) is 46.2. The summed E-state index contributed by atoms with van der Waals surface area (Å²) in [5.41, 5.74) is -4.46. The monoisotopic (exact) mass is 411 g/mol. The molecule has 1 saturated heterocycles. The number of hydrogen-bond donors (Lipinski definition) is 5. The molecule has 1 aliphatic heterocycles. The van der Waals surface area contributed by atoms with Crippen molar-refractivity contribution in [3.63, 3.8) is 0 Å². The molecule has 2 heterocycles. The van der Waals surface area contributed by atoms with Crippen LogP contribution in [0.25, 0.3) is 0 Å². The van der Waals surface area contributed by atoms with Gasteiger partial charge in [-0.1, -0.05) is 0 Å². The first kappa shape index (κ1) is 21.4. The molecule has 27 heavy (non-hydrogen) atoms. The molecular weight excluding hydrogens is 392 g/mol. The van der Waals surface area contributed by atoms with Crippen LogP contribution in [0.5, 0.6) is 0 Å². The van der Waals surface area contributed by atoms with Crippen LogP contribution in [0.3, 0.4) is 0 Å². The maximum Gasteiger partial charge on any atom is 0.403 e. The molecule has 0 aliphatic carbocycles. The number of hydrogen-bond acceptors (Lipinski definition) is 7. The van der Waals surface area contributed by atoms with Gasteiger partial charge in [0.2, 0.25) is 0 Å². The van der Waals surface area contributed by atoms with Gasteiger partial charge in [-0.15, -0.1) is 0 Å².